The molecule has 0 bridgehead atoms. The highest BCUT2D eigenvalue weighted by Crippen LogP contribution is 2.27. The number of piperidine rings is 1. The zero-order chi connectivity index (χ0) is 16.8. The summed E-state index contributed by atoms with van der Waals surface area (Å²) in [4.78, 5) is 15.4. The number of nitrogens with zero attached hydrogens (tertiary/aromatic N) is 2. The minimum atomic E-state index is -0.737. The SMILES string of the molecule is CC(C)C(CN1CCC(N(C)CC(=O)O)CC1)c1ccccc1. The van der Waals surface area contributed by atoms with Gasteiger partial charge in [0.1, 0.15) is 0 Å². The number of likely N-dealkylation sites (tertiary alicyclic amines) is 1. The Bertz CT molecular complexity index is 481. The van der Waals surface area contributed by atoms with Crippen LogP contribution in [0.5, 0.6) is 0 Å². The van der Waals surface area contributed by atoms with Crippen LogP contribution in [-0.4, -0.2) is 60.1 Å². The summed E-state index contributed by atoms with van der Waals surface area (Å²) in [6, 6.07) is 11.2. The molecule has 0 spiro atoms. The van der Waals surface area contributed by atoms with E-state index in [9.17, 15) is 4.79 Å². The van der Waals surface area contributed by atoms with E-state index in [4.69, 9.17) is 5.11 Å². The molecule has 1 aromatic rings. The molecule has 1 saturated heterocycles. The molecule has 128 valence electrons. The second kappa shape index (κ2) is 8.46. The number of carboxylic acids is 1. The number of hydrogen-bond acceptors (Lipinski definition) is 3. The number of rotatable bonds is 7. The molecule has 1 fully saturated rings. The third kappa shape index (κ3) is 5.33. The molecule has 1 atom stereocenters. The maximum absolute atomic E-state index is 10.8. The molecule has 4 heteroatoms. The van der Waals surface area contributed by atoms with Gasteiger partial charge in [-0.15, -0.1) is 0 Å². The first kappa shape index (κ1) is 18.0. The van der Waals surface area contributed by atoms with Crippen LogP contribution in [0.1, 0.15) is 38.2 Å². The van der Waals surface area contributed by atoms with Crippen molar-refractivity contribution in [3.05, 3.63) is 35.9 Å². The number of likely N-dealkylation sites (N-methyl/N-ethyl adjacent to an activating group) is 1. The second-order valence-electron chi connectivity index (χ2n) is 7.10. The van der Waals surface area contributed by atoms with Gasteiger partial charge in [0.2, 0.25) is 0 Å². The molecule has 1 unspecified atom stereocenters. The van der Waals surface area contributed by atoms with Gasteiger partial charge < -0.3 is 10.0 Å². The number of carbonyl (C=O) groups is 1. The molecule has 0 aromatic heterocycles. The van der Waals surface area contributed by atoms with Crippen molar-refractivity contribution in [3.8, 4) is 0 Å². The van der Waals surface area contributed by atoms with Crippen molar-refractivity contribution in [2.45, 2.75) is 38.6 Å². The lowest BCUT2D eigenvalue weighted by atomic mass is 9.87. The zero-order valence-corrected chi connectivity index (χ0v) is 14.6. The molecule has 0 saturated carbocycles. The number of hydrogen-bond donors (Lipinski definition) is 1. The minimum absolute atomic E-state index is 0.142. The molecule has 1 heterocycles. The smallest absolute Gasteiger partial charge is 0.317 e. The van der Waals surface area contributed by atoms with Crippen LogP contribution >= 0.6 is 0 Å². The molecule has 0 amide bonds. The Balaban J connectivity index is 1.88. The quantitative estimate of drug-likeness (QED) is 0.839. The Morgan fingerprint density at radius 3 is 2.39 bits per heavy atom. The van der Waals surface area contributed by atoms with E-state index in [-0.39, 0.29) is 6.54 Å². The van der Waals surface area contributed by atoms with Gasteiger partial charge in [-0.1, -0.05) is 44.2 Å². The van der Waals surface area contributed by atoms with Crippen LogP contribution < -0.4 is 0 Å². The maximum Gasteiger partial charge on any atom is 0.317 e. The van der Waals surface area contributed by atoms with Gasteiger partial charge >= 0.3 is 5.97 Å². The van der Waals surface area contributed by atoms with E-state index in [2.05, 4.69) is 49.1 Å². The molecule has 1 N–H and O–H groups in total. The average Bonchev–Trinajstić information content (AvgIpc) is 2.53. The van der Waals surface area contributed by atoms with Crippen molar-refractivity contribution in [1.29, 1.82) is 0 Å². The van der Waals surface area contributed by atoms with E-state index in [0.717, 1.165) is 32.5 Å². The molecule has 4 nitrogen and oxygen atoms in total. The summed E-state index contributed by atoms with van der Waals surface area (Å²) >= 11 is 0. The molecular formula is C19H30N2O2. The number of benzene rings is 1. The van der Waals surface area contributed by atoms with Gasteiger partial charge in [-0.2, -0.15) is 0 Å². The fourth-order valence-corrected chi connectivity index (χ4v) is 3.56. The molecule has 0 aliphatic carbocycles. The third-order valence-electron chi connectivity index (χ3n) is 5.05. The predicted molar refractivity (Wildman–Crippen MR) is 93.7 cm³/mol. The van der Waals surface area contributed by atoms with Gasteiger partial charge in [-0.05, 0) is 50.4 Å². The first-order valence-corrected chi connectivity index (χ1v) is 8.66. The third-order valence-corrected chi connectivity index (χ3v) is 5.05. The summed E-state index contributed by atoms with van der Waals surface area (Å²) in [5, 5.41) is 8.92. The lowest BCUT2D eigenvalue weighted by Crippen LogP contribution is -2.46. The standard InChI is InChI=1S/C19H30N2O2/c1-15(2)18(16-7-5-4-6-8-16)13-21-11-9-17(10-12-21)20(3)14-19(22)23/h4-8,15,17-18H,9-14H2,1-3H3,(H,22,23). The zero-order valence-electron chi connectivity index (χ0n) is 14.6. The summed E-state index contributed by atoms with van der Waals surface area (Å²) in [5.74, 6) is 0.438. The average molecular weight is 318 g/mol. The Kier molecular flexibility index (Phi) is 6.60. The highest BCUT2D eigenvalue weighted by Gasteiger charge is 2.26. The van der Waals surface area contributed by atoms with E-state index in [1.165, 1.54) is 5.56 Å². The van der Waals surface area contributed by atoms with Crippen LogP contribution in [0.4, 0.5) is 0 Å². The first-order chi connectivity index (χ1) is 11.0. The van der Waals surface area contributed by atoms with Gasteiger partial charge in [-0.25, -0.2) is 0 Å². The van der Waals surface area contributed by atoms with Gasteiger partial charge in [-0.3, -0.25) is 9.69 Å². The Labute approximate surface area is 140 Å². The van der Waals surface area contributed by atoms with E-state index in [1.807, 2.05) is 11.9 Å². The van der Waals surface area contributed by atoms with Gasteiger partial charge in [0.05, 0.1) is 6.54 Å². The summed E-state index contributed by atoms with van der Waals surface area (Å²) in [6.07, 6.45) is 2.12. The van der Waals surface area contributed by atoms with E-state index >= 15 is 0 Å². The van der Waals surface area contributed by atoms with Crippen molar-refractivity contribution in [2.24, 2.45) is 5.92 Å². The van der Waals surface area contributed by atoms with E-state index < -0.39 is 5.97 Å². The summed E-state index contributed by atoms with van der Waals surface area (Å²) in [5.41, 5.74) is 1.42. The normalized spacial score (nSPS) is 18.5. The van der Waals surface area contributed by atoms with Gasteiger partial charge in [0.15, 0.2) is 0 Å². The van der Waals surface area contributed by atoms with Crippen molar-refractivity contribution in [2.75, 3.05) is 33.2 Å². The molecule has 0 radical (unpaired) electrons. The van der Waals surface area contributed by atoms with Crippen LogP contribution in [0.15, 0.2) is 30.3 Å². The number of aliphatic carboxylic acids is 1. The molecule has 1 aliphatic heterocycles. The Hall–Kier alpha value is -1.39. The maximum atomic E-state index is 10.8. The minimum Gasteiger partial charge on any atom is -0.480 e. The van der Waals surface area contributed by atoms with Crippen molar-refractivity contribution in [1.82, 2.24) is 9.80 Å². The molecule has 1 aliphatic rings. The van der Waals surface area contributed by atoms with Crippen molar-refractivity contribution < 1.29 is 9.90 Å². The van der Waals surface area contributed by atoms with Crippen LogP contribution in [0.2, 0.25) is 0 Å². The fourth-order valence-electron chi connectivity index (χ4n) is 3.56. The summed E-state index contributed by atoms with van der Waals surface area (Å²) in [7, 11) is 1.93. The van der Waals surface area contributed by atoms with Gasteiger partial charge in [0.25, 0.3) is 0 Å². The van der Waals surface area contributed by atoms with Crippen LogP contribution in [0.3, 0.4) is 0 Å². The second-order valence-corrected chi connectivity index (χ2v) is 7.10. The van der Waals surface area contributed by atoms with E-state index in [0.29, 0.717) is 17.9 Å². The lowest BCUT2D eigenvalue weighted by Gasteiger charge is -2.38. The fraction of sp³-hybridized carbons (Fsp3) is 0.632. The highest BCUT2D eigenvalue weighted by molar-refractivity contribution is 5.69. The predicted octanol–water partition coefficient (Wildman–Crippen LogP) is 2.91. The molecule has 23 heavy (non-hydrogen) atoms. The Morgan fingerprint density at radius 1 is 1.26 bits per heavy atom. The lowest BCUT2D eigenvalue weighted by molar-refractivity contribution is -0.138. The molecule has 2 rings (SSSR count). The molecule has 1 aromatic carbocycles. The van der Waals surface area contributed by atoms with Crippen LogP contribution in [-0.2, 0) is 4.79 Å². The Morgan fingerprint density at radius 2 is 1.87 bits per heavy atom. The monoisotopic (exact) mass is 318 g/mol. The summed E-state index contributed by atoms with van der Waals surface area (Å²) < 4.78 is 0. The van der Waals surface area contributed by atoms with Gasteiger partial charge in [0, 0.05) is 12.6 Å². The first-order valence-electron chi connectivity index (χ1n) is 8.66. The topological polar surface area (TPSA) is 43.8 Å². The van der Waals surface area contributed by atoms with E-state index in [1.54, 1.807) is 0 Å². The largest absolute Gasteiger partial charge is 0.480 e. The summed E-state index contributed by atoms with van der Waals surface area (Å²) in [6.45, 7) is 7.95. The van der Waals surface area contributed by atoms with Crippen LogP contribution in [0.25, 0.3) is 0 Å². The van der Waals surface area contributed by atoms with Crippen molar-refractivity contribution >= 4 is 5.97 Å². The highest BCUT2D eigenvalue weighted by atomic mass is 16.4. The number of carboxylic acid groups (broad SMARTS) is 1. The van der Waals surface area contributed by atoms with Crippen LogP contribution in [0, 0.1) is 5.92 Å². The molecular weight excluding hydrogens is 288 g/mol. The van der Waals surface area contributed by atoms with Crippen molar-refractivity contribution in [3.63, 3.8) is 0 Å².